The molecule has 0 unspecified atom stereocenters. The Morgan fingerprint density at radius 1 is 0.844 bits per heavy atom. The summed E-state index contributed by atoms with van der Waals surface area (Å²) in [6.45, 7) is 9.11. The van der Waals surface area contributed by atoms with Gasteiger partial charge in [-0.3, -0.25) is 4.79 Å². The Morgan fingerprint density at radius 3 is 1.94 bits per heavy atom. The van der Waals surface area contributed by atoms with Crippen molar-refractivity contribution < 1.29 is 4.79 Å². The Kier molecular flexibility index (Phi) is 9.31. The highest BCUT2D eigenvalue weighted by atomic mass is 32.2. The zero-order valence-corrected chi connectivity index (χ0v) is 21.1. The summed E-state index contributed by atoms with van der Waals surface area (Å²) < 4.78 is 0.305. The Bertz CT molecular complexity index is 947. The van der Waals surface area contributed by atoms with Gasteiger partial charge in [0.25, 0.3) is 0 Å². The average Bonchev–Trinajstić information content (AvgIpc) is 2.77. The van der Waals surface area contributed by atoms with E-state index in [9.17, 15) is 4.79 Å². The van der Waals surface area contributed by atoms with Crippen LogP contribution in [-0.2, 0) is 4.79 Å². The normalized spacial score (nSPS) is 11.2. The lowest BCUT2D eigenvalue weighted by molar-refractivity contribution is -0.119. The molecular formula is C28H33NOS2. The van der Waals surface area contributed by atoms with Crippen LogP contribution in [0.2, 0.25) is 0 Å². The fourth-order valence-electron chi connectivity index (χ4n) is 3.53. The van der Waals surface area contributed by atoms with Crippen LogP contribution in [0.15, 0.2) is 88.7 Å². The molecule has 3 rings (SSSR count). The topological polar surface area (TPSA) is 20.3 Å². The molecular weight excluding hydrogens is 430 g/mol. The Balaban J connectivity index is 1.82. The predicted octanol–water partition coefficient (Wildman–Crippen LogP) is 7.98. The summed E-state index contributed by atoms with van der Waals surface area (Å²) in [6.07, 6.45) is 1.46. The molecule has 0 aliphatic carbocycles. The maximum Gasteiger partial charge on any atom is 0.227 e. The number of hydrogen-bond donors (Lipinski definition) is 0. The minimum absolute atomic E-state index is 0.210. The van der Waals surface area contributed by atoms with Crippen LogP contribution < -0.4 is 4.90 Å². The first-order valence-electron chi connectivity index (χ1n) is 11.2. The predicted molar refractivity (Wildman–Crippen MR) is 141 cm³/mol. The maximum atomic E-state index is 13.3. The zero-order valence-electron chi connectivity index (χ0n) is 19.5. The van der Waals surface area contributed by atoms with Crippen LogP contribution in [0.5, 0.6) is 0 Å². The molecule has 3 aromatic rings. The van der Waals surface area contributed by atoms with Crippen molar-refractivity contribution in [1.82, 2.24) is 0 Å². The van der Waals surface area contributed by atoms with Crippen molar-refractivity contribution in [1.29, 1.82) is 0 Å². The number of hydrogen-bond acceptors (Lipinski definition) is 3. The SMILES string of the molecule is Cc1ccc(C)c(N(CCC(Sc2ccccc2)Sc2ccccc2)C(=O)CC(C)C)c1. The van der Waals surface area contributed by atoms with E-state index in [0.29, 0.717) is 23.5 Å². The van der Waals surface area contributed by atoms with Crippen LogP contribution in [0.3, 0.4) is 0 Å². The zero-order chi connectivity index (χ0) is 22.9. The lowest BCUT2D eigenvalue weighted by atomic mass is 10.1. The van der Waals surface area contributed by atoms with Gasteiger partial charge in [0.15, 0.2) is 0 Å². The van der Waals surface area contributed by atoms with Gasteiger partial charge in [-0.25, -0.2) is 0 Å². The fraction of sp³-hybridized carbons (Fsp3) is 0.321. The third kappa shape index (κ3) is 7.46. The first kappa shape index (κ1) is 24.5. The van der Waals surface area contributed by atoms with Gasteiger partial charge in [0.05, 0.1) is 4.58 Å². The van der Waals surface area contributed by atoms with Crippen molar-refractivity contribution in [2.45, 2.75) is 54.9 Å². The summed E-state index contributed by atoms with van der Waals surface area (Å²) in [6, 6.07) is 27.5. The van der Waals surface area contributed by atoms with E-state index in [-0.39, 0.29) is 5.91 Å². The van der Waals surface area contributed by atoms with Crippen molar-refractivity contribution in [3.05, 3.63) is 90.0 Å². The highest BCUT2D eigenvalue weighted by Gasteiger charge is 2.21. The van der Waals surface area contributed by atoms with Crippen LogP contribution in [0.4, 0.5) is 5.69 Å². The molecule has 0 bridgehead atoms. The second-order valence-electron chi connectivity index (χ2n) is 8.51. The first-order valence-corrected chi connectivity index (χ1v) is 13.0. The Morgan fingerprint density at radius 2 is 1.41 bits per heavy atom. The molecule has 0 N–H and O–H groups in total. The first-order chi connectivity index (χ1) is 15.4. The number of anilines is 1. The van der Waals surface area contributed by atoms with Crippen LogP contribution >= 0.6 is 23.5 Å². The number of benzene rings is 3. The molecule has 0 spiro atoms. The van der Waals surface area contributed by atoms with Crippen LogP contribution in [0, 0.1) is 19.8 Å². The second-order valence-corrected chi connectivity index (χ2v) is 11.4. The monoisotopic (exact) mass is 463 g/mol. The third-order valence-corrected chi connectivity index (χ3v) is 7.81. The van der Waals surface area contributed by atoms with E-state index in [1.165, 1.54) is 15.4 Å². The van der Waals surface area contributed by atoms with Gasteiger partial charge >= 0.3 is 0 Å². The number of thioether (sulfide) groups is 2. The number of carbonyl (C=O) groups is 1. The molecule has 0 heterocycles. The highest BCUT2D eigenvalue weighted by molar-refractivity contribution is 8.17. The molecule has 2 nitrogen and oxygen atoms in total. The van der Waals surface area contributed by atoms with Crippen LogP contribution in [-0.4, -0.2) is 17.0 Å². The van der Waals surface area contributed by atoms with Gasteiger partial charge in [-0.2, -0.15) is 0 Å². The number of carbonyl (C=O) groups excluding carboxylic acids is 1. The second kappa shape index (κ2) is 12.2. The molecule has 0 atom stereocenters. The molecule has 1 amide bonds. The largest absolute Gasteiger partial charge is 0.312 e. The Hall–Kier alpha value is -2.17. The minimum atomic E-state index is 0.210. The quantitative estimate of drug-likeness (QED) is 0.224. The molecule has 0 aliphatic rings. The van der Waals surface area contributed by atoms with Crippen LogP contribution in [0.1, 0.15) is 37.8 Å². The Labute approximate surface area is 201 Å². The van der Waals surface area contributed by atoms with E-state index in [1.54, 1.807) is 0 Å². The minimum Gasteiger partial charge on any atom is -0.312 e. The van der Waals surface area contributed by atoms with Crippen molar-refractivity contribution in [2.75, 3.05) is 11.4 Å². The molecule has 3 aromatic carbocycles. The summed E-state index contributed by atoms with van der Waals surface area (Å²) in [5.74, 6) is 0.546. The van der Waals surface area contributed by atoms with Gasteiger partial charge in [-0.15, -0.1) is 23.5 Å². The van der Waals surface area contributed by atoms with E-state index in [1.807, 2.05) is 28.4 Å². The van der Waals surface area contributed by atoms with Gasteiger partial charge < -0.3 is 4.90 Å². The molecule has 168 valence electrons. The summed E-state index contributed by atoms with van der Waals surface area (Å²) in [5.41, 5.74) is 3.38. The smallest absolute Gasteiger partial charge is 0.227 e. The summed E-state index contributed by atoms with van der Waals surface area (Å²) in [4.78, 5) is 17.8. The number of nitrogens with zero attached hydrogens (tertiary/aromatic N) is 1. The lowest BCUT2D eigenvalue weighted by Gasteiger charge is -2.28. The number of amides is 1. The fourth-order valence-corrected chi connectivity index (χ4v) is 6.07. The van der Waals surface area contributed by atoms with Crippen molar-refractivity contribution in [2.24, 2.45) is 5.92 Å². The van der Waals surface area contributed by atoms with Crippen LogP contribution in [0.25, 0.3) is 0 Å². The van der Waals surface area contributed by atoms with Crippen molar-refractivity contribution in [3.8, 4) is 0 Å². The van der Waals surface area contributed by atoms with Gasteiger partial charge in [-0.05, 0) is 67.6 Å². The summed E-state index contributed by atoms with van der Waals surface area (Å²) >= 11 is 3.76. The van der Waals surface area contributed by atoms with E-state index in [0.717, 1.165) is 17.7 Å². The molecule has 0 fully saturated rings. The van der Waals surface area contributed by atoms with Gasteiger partial charge in [0, 0.05) is 28.4 Å². The number of rotatable bonds is 10. The molecule has 0 aliphatic heterocycles. The van der Waals surface area contributed by atoms with E-state index < -0.39 is 0 Å². The molecule has 0 saturated heterocycles. The lowest BCUT2D eigenvalue weighted by Crippen LogP contribution is -2.34. The standard InChI is InChI=1S/C28H33NOS2/c1-21(2)19-27(30)29(26-20-22(3)15-16-23(26)4)18-17-28(31-24-11-7-5-8-12-24)32-25-13-9-6-10-14-25/h5-16,20-21,28H,17-19H2,1-4H3. The van der Waals surface area contributed by atoms with Crippen molar-refractivity contribution in [3.63, 3.8) is 0 Å². The third-order valence-electron chi connectivity index (χ3n) is 5.15. The maximum absolute atomic E-state index is 13.3. The molecule has 32 heavy (non-hydrogen) atoms. The molecule has 0 aromatic heterocycles. The molecule has 4 heteroatoms. The molecule has 0 radical (unpaired) electrons. The van der Waals surface area contributed by atoms with Gasteiger partial charge in [-0.1, -0.05) is 62.4 Å². The summed E-state index contributed by atoms with van der Waals surface area (Å²) in [7, 11) is 0. The van der Waals surface area contributed by atoms with Gasteiger partial charge in [0.1, 0.15) is 0 Å². The highest BCUT2D eigenvalue weighted by Crippen LogP contribution is 2.38. The molecule has 0 saturated carbocycles. The summed E-state index contributed by atoms with van der Waals surface area (Å²) in [5, 5.41) is 0. The van der Waals surface area contributed by atoms with E-state index >= 15 is 0 Å². The van der Waals surface area contributed by atoms with E-state index in [2.05, 4.69) is 107 Å². The van der Waals surface area contributed by atoms with Crippen molar-refractivity contribution >= 4 is 35.1 Å². The average molecular weight is 464 g/mol. The number of aryl methyl sites for hydroxylation is 2. The van der Waals surface area contributed by atoms with E-state index in [4.69, 9.17) is 0 Å². The van der Waals surface area contributed by atoms with Gasteiger partial charge in [0.2, 0.25) is 5.91 Å².